The van der Waals surface area contributed by atoms with Gasteiger partial charge in [-0.3, -0.25) is 0 Å². The van der Waals surface area contributed by atoms with Crippen LogP contribution in [0.2, 0.25) is 0 Å². The number of thiocarbonyl (C=S) groups is 1. The topological polar surface area (TPSA) is 24.1 Å². The molecule has 0 saturated carbocycles. The van der Waals surface area contributed by atoms with Gasteiger partial charge in [0.15, 0.2) is 5.11 Å². The molecule has 12 heavy (non-hydrogen) atoms. The molecule has 0 aliphatic rings. The van der Waals surface area contributed by atoms with Gasteiger partial charge in [-0.1, -0.05) is 22.0 Å². The zero-order valence-corrected chi connectivity index (χ0v) is 9.00. The SMILES string of the molecule is CNC(=S)Nc1cccc(Br)c1. The fourth-order valence-corrected chi connectivity index (χ4v) is 1.28. The van der Waals surface area contributed by atoms with Gasteiger partial charge in [0.1, 0.15) is 0 Å². The van der Waals surface area contributed by atoms with Crippen molar-refractivity contribution >= 4 is 38.9 Å². The van der Waals surface area contributed by atoms with Gasteiger partial charge in [-0.15, -0.1) is 0 Å². The minimum absolute atomic E-state index is 0.619. The molecule has 1 aromatic rings. The fourth-order valence-electron chi connectivity index (χ4n) is 0.760. The molecule has 0 amide bonds. The van der Waals surface area contributed by atoms with Crippen molar-refractivity contribution in [3.63, 3.8) is 0 Å². The molecule has 2 N–H and O–H groups in total. The summed E-state index contributed by atoms with van der Waals surface area (Å²) in [5, 5.41) is 6.48. The molecular formula is C8H9BrN2S. The van der Waals surface area contributed by atoms with Crippen LogP contribution in [0.25, 0.3) is 0 Å². The summed E-state index contributed by atoms with van der Waals surface area (Å²) < 4.78 is 1.03. The molecule has 0 atom stereocenters. The Kier molecular flexibility index (Phi) is 3.49. The van der Waals surface area contributed by atoms with Gasteiger partial charge >= 0.3 is 0 Å². The first-order chi connectivity index (χ1) is 5.72. The summed E-state index contributed by atoms with van der Waals surface area (Å²) >= 11 is 8.31. The van der Waals surface area contributed by atoms with E-state index in [1.807, 2.05) is 24.3 Å². The third-order valence-electron chi connectivity index (χ3n) is 1.31. The third-order valence-corrected chi connectivity index (χ3v) is 2.11. The summed E-state index contributed by atoms with van der Waals surface area (Å²) in [5.41, 5.74) is 0.976. The van der Waals surface area contributed by atoms with Gasteiger partial charge in [0.2, 0.25) is 0 Å². The highest BCUT2D eigenvalue weighted by Gasteiger charge is 1.94. The first kappa shape index (κ1) is 9.48. The van der Waals surface area contributed by atoms with E-state index in [9.17, 15) is 0 Å². The second-order valence-corrected chi connectivity index (χ2v) is 3.54. The van der Waals surface area contributed by atoms with Crippen molar-refractivity contribution in [1.82, 2.24) is 5.32 Å². The molecule has 4 heteroatoms. The molecule has 0 heterocycles. The van der Waals surface area contributed by atoms with Crippen molar-refractivity contribution < 1.29 is 0 Å². The number of hydrogen-bond acceptors (Lipinski definition) is 1. The predicted octanol–water partition coefficient (Wildman–Crippen LogP) is 2.37. The van der Waals surface area contributed by atoms with E-state index in [0.717, 1.165) is 10.2 Å². The summed E-state index contributed by atoms with van der Waals surface area (Å²) in [6.45, 7) is 0. The van der Waals surface area contributed by atoms with Gasteiger partial charge in [0.05, 0.1) is 0 Å². The Hall–Kier alpha value is -0.610. The highest BCUT2D eigenvalue weighted by molar-refractivity contribution is 9.10. The molecular weight excluding hydrogens is 236 g/mol. The van der Waals surface area contributed by atoms with Crippen LogP contribution in [0, 0.1) is 0 Å². The van der Waals surface area contributed by atoms with Crippen LogP contribution in [0.3, 0.4) is 0 Å². The standard InChI is InChI=1S/C8H9BrN2S/c1-10-8(12)11-7-4-2-3-6(9)5-7/h2-5H,1H3,(H2,10,11,12). The van der Waals surface area contributed by atoms with Crippen molar-refractivity contribution in [1.29, 1.82) is 0 Å². The smallest absolute Gasteiger partial charge is 0.170 e. The molecule has 0 aliphatic carbocycles. The molecule has 1 rings (SSSR count). The van der Waals surface area contributed by atoms with Crippen LogP contribution in [-0.2, 0) is 0 Å². The quantitative estimate of drug-likeness (QED) is 0.743. The van der Waals surface area contributed by atoms with Crippen LogP contribution in [-0.4, -0.2) is 12.2 Å². The number of rotatable bonds is 1. The molecule has 64 valence electrons. The van der Waals surface area contributed by atoms with Gasteiger partial charge in [0, 0.05) is 17.2 Å². The highest BCUT2D eigenvalue weighted by Crippen LogP contribution is 2.15. The van der Waals surface area contributed by atoms with Crippen molar-refractivity contribution in [3.05, 3.63) is 28.7 Å². The van der Waals surface area contributed by atoms with Gasteiger partial charge < -0.3 is 10.6 Å². The minimum atomic E-state index is 0.619. The Bertz CT molecular complexity index is 288. The summed E-state index contributed by atoms with van der Waals surface area (Å²) in [6.07, 6.45) is 0. The predicted molar refractivity (Wildman–Crippen MR) is 59.4 cm³/mol. The van der Waals surface area contributed by atoms with E-state index in [1.165, 1.54) is 0 Å². The maximum Gasteiger partial charge on any atom is 0.170 e. The van der Waals surface area contributed by atoms with Gasteiger partial charge in [-0.25, -0.2) is 0 Å². The average Bonchev–Trinajstić information content (AvgIpc) is 2.04. The summed E-state index contributed by atoms with van der Waals surface area (Å²) in [4.78, 5) is 0. The molecule has 0 bridgehead atoms. The normalized spacial score (nSPS) is 9.17. The van der Waals surface area contributed by atoms with E-state index in [4.69, 9.17) is 12.2 Å². The van der Waals surface area contributed by atoms with E-state index in [-0.39, 0.29) is 0 Å². The van der Waals surface area contributed by atoms with Crippen molar-refractivity contribution in [2.24, 2.45) is 0 Å². The second-order valence-electron chi connectivity index (χ2n) is 2.21. The molecule has 0 unspecified atom stereocenters. The molecule has 1 aromatic carbocycles. The van der Waals surface area contributed by atoms with Crippen LogP contribution < -0.4 is 10.6 Å². The molecule has 0 fully saturated rings. The lowest BCUT2D eigenvalue weighted by Crippen LogP contribution is -2.23. The number of anilines is 1. The van der Waals surface area contributed by atoms with Crippen LogP contribution in [0.4, 0.5) is 5.69 Å². The van der Waals surface area contributed by atoms with Crippen LogP contribution in [0.1, 0.15) is 0 Å². The Morgan fingerprint density at radius 2 is 2.25 bits per heavy atom. The molecule has 0 aliphatic heterocycles. The van der Waals surface area contributed by atoms with Crippen molar-refractivity contribution in [2.45, 2.75) is 0 Å². The number of nitrogens with one attached hydrogen (secondary N) is 2. The Morgan fingerprint density at radius 3 is 2.83 bits per heavy atom. The summed E-state index contributed by atoms with van der Waals surface area (Å²) in [5.74, 6) is 0. The lowest BCUT2D eigenvalue weighted by atomic mass is 10.3. The van der Waals surface area contributed by atoms with Gasteiger partial charge in [0.25, 0.3) is 0 Å². The summed E-state index contributed by atoms with van der Waals surface area (Å²) in [6, 6.07) is 7.83. The first-order valence-electron chi connectivity index (χ1n) is 3.46. The second kappa shape index (κ2) is 4.42. The van der Waals surface area contributed by atoms with Gasteiger partial charge in [-0.05, 0) is 30.4 Å². The molecule has 0 spiro atoms. The molecule has 0 radical (unpaired) electrons. The van der Waals surface area contributed by atoms with E-state index in [1.54, 1.807) is 7.05 Å². The number of hydrogen-bond donors (Lipinski definition) is 2. The first-order valence-corrected chi connectivity index (χ1v) is 4.67. The number of halogens is 1. The summed E-state index contributed by atoms with van der Waals surface area (Å²) in [7, 11) is 1.79. The number of benzene rings is 1. The zero-order valence-electron chi connectivity index (χ0n) is 6.60. The highest BCUT2D eigenvalue weighted by atomic mass is 79.9. The maximum atomic E-state index is 4.94. The molecule has 0 saturated heterocycles. The molecule has 2 nitrogen and oxygen atoms in total. The minimum Gasteiger partial charge on any atom is -0.366 e. The van der Waals surface area contributed by atoms with E-state index in [2.05, 4.69) is 26.6 Å². The third kappa shape index (κ3) is 2.79. The van der Waals surface area contributed by atoms with Crippen molar-refractivity contribution in [2.75, 3.05) is 12.4 Å². The van der Waals surface area contributed by atoms with E-state index >= 15 is 0 Å². The lowest BCUT2D eigenvalue weighted by Gasteiger charge is -2.06. The molecule has 0 aromatic heterocycles. The van der Waals surface area contributed by atoms with Gasteiger partial charge in [-0.2, -0.15) is 0 Å². The van der Waals surface area contributed by atoms with Crippen molar-refractivity contribution in [3.8, 4) is 0 Å². The Balaban J connectivity index is 2.69. The zero-order chi connectivity index (χ0) is 8.97. The van der Waals surface area contributed by atoms with E-state index < -0.39 is 0 Å². The fraction of sp³-hybridized carbons (Fsp3) is 0.125. The average molecular weight is 245 g/mol. The Morgan fingerprint density at radius 1 is 1.50 bits per heavy atom. The van der Waals surface area contributed by atoms with Crippen LogP contribution >= 0.6 is 28.1 Å². The monoisotopic (exact) mass is 244 g/mol. The van der Waals surface area contributed by atoms with Crippen LogP contribution in [0.5, 0.6) is 0 Å². The van der Waals surface area contributed by atoms with Crippen LogP contribution in [0.15, 0.2) is 28.7 Å². The lowest BCUT2D eigenvalue weighted by molar-refractivity contribution is 1.20. The maximum absolute atomic E-state index is 4.94. The Labute approximate surface area is 85.5 Å². The van der Waals surface area contributed by atoms with E-state index in [0.29, 0.717) is 5.11 Å². The largest absolute Gasteiger partial charge is 0.366 e.